The minimum Gasteiger partial charge on any atom is -0.490 e. The fourth-order valence-electron chi connectivity index (χ4n) is 1.42. The SMILES string of the molecule is NNc1cc(OCCOc2ccccc2)ccn1. The van der Waals surface area contributed by atoms with Gasteiger partial charge in [-0.3, -0.25) is 0 Å². The number of hydrogen-bond acceptors (Lipinski definition) is 5. The normalized spacial score (nSPS) is 9.83. The van der Waals surface area contributed by atoms with Gasteiger partial charge in [-0.1, -0.05) is 18.2 Å². The van der Waals surface area contributed by atoms with Crippen molar-refractivity contribution in [3.63, 3.8) is 0 Å². The number of hydrazine groups is 1. The maximum absolute atomic E-state index is 5.51. The van der Waals surface area contributed by atoms with E-state index in [0.29, 0.717) is 24.8 Å². The van der Waals surface area contributed by atoms with Gasteiger partial charge in [0, 0.05) is 12.3 Å². The van der Waals surface area contributed by atoms with E-state index < -0.39 is 0 Å². The van der Waals surface area contributed by atoms with Crippen molar-refractivity contribution in [2.75, 3.05) is 18.6 Å². The zero-order chi connectivity index (χ0) is 12.6. The van der Waals surface area contributed by atoms with Gasteiger partial charge in [-0.2, -0.15) is 0 Å². The Morgan fingerprint density at radius 1 is 1.00 bits per heavy atom. The summed E-state index contributed by atoms with van der Waals surface area (Å²) in [7, 11) is 0. The molecule has 1 aromatic carbocycles. The molecular weight excluding hydrogens is 230 g/mol. The van der Waals surface area contributed by atoms with Crippen LogP contribution < -0.4 is 20.7 Å². The summed E-state index contributed by atoms with van der Waals surface area (Å²) in [5, 5.41) is 0. The van der Waals surface area contributed by atoms with Gasteiger partial charge in [0.2, 0.25) is 0 Å². The largest absolute Gasteiger partial charge is 0.490 e. The van der Waals surface area contributed by atoms with Crippen molar-refractivity contribution in [3.8, 4) is 11.5 Å². The van der Waals surface area contributed by atoms with Crippen LogP contribution in [0.3, 0.4) is 0 Å². The molecule has 0 fully saturated rings. The first-order chi connectivity index (χ1) is 8.88. The molecule has 0 aliphatic heterocycles. The van der Waals surface area contributed by atoms with E-state index in [1.54, 1.807) is 18.3 Å². The molecule has 18 heavy (non-hydrogen) atoms. The topological polar surface area (TPSA) is 69.4 Å². The third kappa shape index (κ3) is 3.64. The van der Waals surface area contributed by atoms with Crippen LogP contribution in [0.25, 0.3) is 0 Å². The fraction of sp³-hybridized carbons (Fsp3) is 0.154. The van der Waals surface area contributed by atoms with Crippen LogP contribution in [-0.2, 0) is 0 Å². The van der Waals surface area contributed by atoms with Gasteiger partial charge in [0.15, 0.2) is 0 Å². The Balaban J connectivity index is 1.75. The van der Waals surface area contributed by atoms with Crippen LogP contribution in [0.4, 0.5) is 5.82 Å². The first-order valence-electron chi connectivity index (χ1n) is 5.62. The molecule has 5 heteroatoms. The van der Waals surface area contributed by atoms with Gasteiger partial charge in [0.25, 0.3) is 0 Å². The van der Waals surface area contributed by atoms with E-state index in [-0.39, 0.29) is 0 Å². The van der Waals surface area contributed by atoms with E-state index in [1.807, 2.05) is 30.3 Å². The van der Waals surface area contributed by atoms with E-state index in [0.717, 1.165) is 5.75 Å². The van der Waals surface area contributed by atoms with Gasteiger partial charge in [-0.25, -0.2) is 10.8 Å². The Labute approximate surface area is 106 Å². The molecular formula is C13H15N3O2. The minimum absolute atomic E-state index is 0.461. The van der Waals surface area contributed by atoms with Crippen molar-refractivity contribution in [2.24, 2.45) is 5.84 Å². The Morgan fingerprint density at radius 2 is 1.72 bits per heavy atom. The maximum Gasteiger partial charge on any atom is 0.143 e. The first-order valence-corrected chi connectivity index (χ1v) is 5.62. The number of pyridine rings is 1. The molecule has 0 aliphatic carbocycles. The second-order valence-electron chi connectivity index (χ2n) is 3.53. The molecule has 3 N–H and O–H groups in total. The average molecular weight is 245 g/mol. The molecule has 0 unspecified atom stereocenters. The van der Waals surface area contributed by atoms with Crippen molar-refractivity contribution in [1.29, 1.82) is 0 Å². The Morgan fingerprint density at radius 3 is 2.44 bits per heavy atom. The lowest BCUT2D eigenvalue weighted by atomic mass is 10.3. The molecule has 0 bridgehead atoms. The number of hydrogen-bond donors (Lipinski definition) is 2. The molecule has 2 rings (SSSR count). The number of nitrogen functional groups attached to an aromatic ring is 1. The van der Waals surface area contributed by atoms with Crippen molar-refractivity contribution in [1.82, 2.24) is 4.98 Å². The standard InChI is InChI=1S/C13H15N3O2/c14-16-13-10-12(6-7-15-13)18-9-8-17-11-4-2-1-3-5-11/h1-7,10H,8-9,14H2,(H,15,16). The number of aromatic nitrogens is 1. The van der Waals surface area contributed by atoms with E-state index in [1.165, 1.54) is 0 Å². The second-order valence-corrected chi connectivity index (χ2v) is 3.53. The molecule has 0 radical (unpaired) electrons. The minimum atomic E-state index is 0.461. The highest BCUT2D eigenvalue weighted by Gasteiger charge is 1.97. The van der Waals surface area contributed by atoms with Crippen LogP contribution in [0.1, 0.15) is 0 Å². The summed E-state index contributed by atoms with van der Waals surface area (Å²) in [4.78, 5) is 3.99. The van der Waals surface area contributed by atoms with E-state index in [2.05, 4.69) is 10.4 Å². The number of nitrogens with one attached hydrogen (secondary N) is 1. The molecule has 5 nitrogen and oxygen atoms in total. The molecule has 2 aromatic rings. The van der Waals surface area contributed by atoms with Crippen molar-refractivity contribution in [2.45, 2.75) is 0 Å². The molecule has 0 aliphatic rings. The van der Waals surface area contributed by atoms with Crippen LogP contribution in [0.5, 0.6) is 11.5 Å². The van der Waals surface area contributed by atoms with Crippen molar-refractivity contribution in [3.05, 3.63) is 48.7 Å². The predicted molar refractivity (Wildman–Crippen MR) is 69.5 cm³/mol. The van der Waals surface area contributed by atoms with Crippen molar-refractivity contribution < 1.29 is 9.47 Å². The molecule has 1 aromatic heterocycles. The van der Waals surface area contributed by atoms with E-state index in [4.69, 9.17) is 15.3 Å². The molecule has 94 valence electrons. The van der Waals surface area contributed by atoms with Gasteiger partial charge in [-0.15, -0.1) is 0 Å². The van der Waals surface area contributed by atoms with Crippen LogP contribution in [0.2, 0.25) is 0 Å². The first kappa shape index (κ1) is 12.2. The Bertz CT molecular complexity index is 477. The second kappa shape index (κ2) is 6.46. The third-order valence-corrected chi connectivity index (χ3v) is 2.24. The maximum atomic E-state index is 5.51. The highest BCUT2D eigenvalue weighted by atomic mass is 16.5. The number of ether oxygens (including phenoxy) is 2. The summed E-state index contributed by atoms with van der Waals surface area (Å²) in [6, 6.07) is 13.1. The van der Waals surface area contributed by atoms with Gasteiger partial charge in [-0.05, 0) is 18.2 Å². The van der Waals surface area contributed by atoms with Crippen LogP contribution >= 0.6 is 0 Å². The van der Waals surface area contributed by atoms with Gasteiger partial charge >= 0.3 is 0 Å². The third-order valence-electron chi connectivity index (χ3n) is 2.24. The highest BCUT2D eigenvalue weighted by Crippen LogP contribution is 2.13. The van der Waals surface area contributed by atoms with Crippen LogP contribution in [0, 0.1) is 0 Å². The summed E-state index contributed by atoms with van der Waals surface area (Å²) < 4.78 is 11.0. The van der Waals surface area contributed by atoms with Crippen molar-refractivity contribution >= 4 is 5.82 Å². The summed E-state index contributed by atoms with van der Waals surface area (Å²) in [5.74, 6) is 7.36. The number of benzene rings is 1. The number of nitrogens with zero attached hydrogens (tertiary/aromatic N) is 1. The zero-order valence-electron chi connectivity index (χ0n) is 9.87. The number of nitrogens with two attached hydrogens (primary N) is 1. The summed E-state index contributed by atoms with van der Waals surface area (Å²) in [6.45, 7) is 0.945. The predicted octanol–water partition coefficient (Wildman–Crippen LogP) is 1.82. The quantitative estimate of drug-likeness (QED) is 0.461. The molecule has 0 saturated heterocycles. The van der Waals surface area contributed by atoms with Crippen LogP contribution in [-0.4, -0.2) is 18.2 Å². The van der Waals surface area contributed by atoms with Crippen LogP contribution in [0.15, 0.2) is 48.7 Å². The Kier molecular flexibility index (Phi) is 4.38. The lowest BCUT2D eigenvalue weighted by Crippen LogP contribution is -2.11. The summed E-state index contributed by atoms with van der Waals surface area (Å²) in [6.07, 6.45) is 1.63. The monoisotopic (exact) mass is 245 g/mol. The van der Waals surface area contributed by atoms with E-state index >= 15 is 0 Å². The van der Waals surface area contributed by atoms with Gasteiger partial charge in [0.05, 0.1) is 0 Å². The molecule has 0 atom stereocenters. The lowest BCUT2D eigenvalue weighted by Gasteiger charge is -2.08. The Hall–Kier alpha value is -2.27. The fourth-order valence-corrected chi connectivity index (χ4v) is 1.42. The number of rotatable bonds is 6. The molecule has 0 spiro atoms. The van der Waals surface area contributed by atoms with E-state index in [9.17, 15) is 0 Å². The molecule has 0 amide bonds. The lowest BCUT2D eigenvalue weighted by molar-refractivity contribution is 0.217. The smallest absolute Gasteiger partial charge is 0.143 e. The molecule has 1 heterocycles. The average Bonchev–Trinajstić information content (AvgIpc) is 2.45. The van der Waals surface area contributed by atoms with Gasteiger partial charge < -0.3 is 14.9 Å². The number of para-hydroxylation sites is 1. The summed E-state index contributed by atoms with van der Waals surface area (Å²) >= 11 is 0. The highest BCUT2D eigenvalue weighted by molar-refractivity contribution is 5.39. The zero-order valence-corrected chi connectivity index (χ0v) is 9.87. The molecule has 0 saturated carbocycles. The summed E-state index contributed by atoms with van der Waals surface area (Å²) in [5.41, 5.74) is 2.46. The number of anilines is 1. The van der Waals surface area contributed by atoms with Gasteiger partial charge in [0.1, 0.15) is 30.5 Å².